The van der Waals surface area contributed by atoms with Gasteiger partial charge in [0, 0.05) is 6.20 Å². The Balaban J connectivity index is 0.000000121. The van der Waals surface area contributed by atoms with E-state index in [1.54, 1.807) is 6.07 Å². The molecule has 1 nitrogen and oxygen atoms in total. The van der Waals surface area contributed by atoms with E-state index in [0.717, 1.165) is 0 Å². The predicted molar refractivity (Wildman–Crippen MR) is 57.6 cm³/mol. The molecule has 0 spiro atoms. The second-order valence-corrected chi connectivity index (χ2v) is 3.07. The number of pyridine rings is 1. The molecule has 0 saturated carbocycles. The lowest BCUT2D eigenvalue weighted by Gasteiger charge is -1.87. The zero-order valence-corrected chi connectivity index (χ0v) is 7.94. The number of halogens is 1. The molecule has 2 heteroatoms. The molecule has 0 radical (unpaired) electrons. The van der Waals surface area contributed by atoms with E-state index in [1.165, 1.54) is 23.4 Å². The van der Waals surface area contributed by atoms with Crippen LogP contribution in [0.1, 0.15) is 5.56 Å². The summed E-state index contributed by atoms with van der Waals surface area (Å²) in [5, 5.41) is 0. The van der Waals surface area contributed by atoms with Crippen molar-refractivity contribution in [2.75, 3.05) is 0 Å². The quantitative estimate of drug-likeness (QED) is 0.399. The fraction of sp³-hybridized carbons (Fsp3) is 0. The molecule has 0 bridgehead atoms. The van der Waals surface area contributed by atoms with Crippen LogP contribution in [0.4, 0.5) is 4.39 Å². The highest BCUT2D eigenvalue weighted by molar-refractivity contribution is 5.80. The van der Waals surface area contributed by atoms with Crippen molar-refractivity contribution < 1.29 is 4.39 Å². The first-order valence-corrected chi connectivity index (χ1v) is 4.49. The maximum Gasteiger partial charge on any atom is 0.228 e. The third-order valence-corrected chi connectivity index (χ3v) is 2.03. The highest BCUT2D eigenvalue weighted by Gasteiger charge is 2.06. The average Bonchev–Trinajstić information content (AvgIpc) is 2.87. The molecule has 0 amide bonds. The minimum atomic E-state index is -0.583. The van der Waals surface area contributed by atoms with E-state index in [-0.39, 0.29) is 5.56 Å². The van der Waals surface area contributed by atoms with Gasteiger partial charge in [-0.2, -0.15) is 4.39 Å². The van der Waals surface area contributed by atoms with Crippen LogP contribution in [0, 0.1) is 18.3 Å². The van der Waals surface area contributed by atoms with Crippen LogP contribution in [-0.2, 0) is 0 Å². The van der Waals surface area contributed by atoms with Gasteiger partial charge in [0.05, 0.1) is 5.56 Å². The molecule has 15 heavy (non-hydrogen) atoms. The number of nitrogens with zero attached hydrogens (tertiary/aromatic N) is 1. The van der Waals surface area contributed by atoms with E-state index in [1.807, 2.05) is 0 Å². The van der Waals surface area contributed by atoms with Crippen LogP contribution in [0.5, 0.6) is 0 Å². The molecule has 0 atom stereocenters. The highest BCUT2D eigenvalue weighted by Crippen LogP contribution is 2.32. The van der Waals surface area contributed by atoms with Crippen molar-refractivity contribution in [1.29, 1.82) is 0 Å². The molecule has 72 valence electrons. The van der Waals surface area contributed by atoms with E-state index in [4.69, 9.17) is 6.42 Å². The lowest BCUT2D eigenvalue weighted by molar-refractivity contribution is 0.580. The van der Waals surface area contributed by atoms with E-state index in [0.29, 0.717) is 0 Å². The Morgan fingerprint density at radius 3 is 2.20 bits per heavy atom. The maximum atomic E-state index is 12.3. The molecular formula is C13H8FN. The largest absolute Gasteiger partial charge is 0.228 e. The van der Waals surface area contributed by atoms with Crippen molar-refractivity contribution in [3.8, 4) is 23.5 Å². The molecule has 0 fully saturated rings. The monoisotopic (exact) mass is 197 g/mol. The topological polar surface area (TPSA) is 12.9 Å². The number of aromatic nitrogens is 1. The summed E-state index contributed by atoms with van der Waals surface area (Å²) in [6.07, 6.45) is 6.28. The second-order valence-electron chi connectivity index (χ2n) is 3.07. The van der Waals surface area contributed by atoms with Crippen LogP contribution in [-0.4, -0.2) is 4.98 Å². The van der Waals surface area contributed by atoms with Crippen LogP contribution in [0.15, 0.2) is 42.6 Å². The first kappa shape index (κ1) is 9.42. The number of hydrogen-bond acceptors (Lipinski definition) is 1. The van der Waals surface area contributed by atoms with Crippen LogP contribution >= 0.6 is 0 Å². The lowest BCUT2D eigenvalue weighted by Crippen LogP contribution is -1.84. The predicted octanol–water partition coefficient (Wildman–Crippen LogP) is 2.87. The van der Waals surface area contributed by atoms with Crippen molar-refractivity contribution in [2.24, 2.45) is 0 Å². The second kappa shape index (κ2) is 3.93. The molecule has 0 aromatic carbocycles. The SMILES string of the molecule is C#Cc1cccnc1F.c1cc2cc-2c1. The standard InChI is InChI=1S/C7H4FN.C6H4/c1-2-6-4-3-5-9-7(6)8;1-2-5-4-6(5)3-1/h1,3-5H;1-4H. The fourth-order valence-electron chi connectivity index (χ4n) is 1.17. The number of terminal acetylenes is 1. The van der Waals surface area contributed by atoms with Crippen molar-refractivity contribution in [1.82, 2.24) is 4.98 Å². The third kappa shape index (κ3) is 2.21. The molecule has 2 aliphatic carbocycles. The molecule has 0 saturated heterocycles. The zero-order chi connectivity index (χ0) is 10.7. The molecule has 0 aliphatic heterocycles. The molecule has 1 aromatic rings. The van der Waals surface area contributed by atoms with Gasteiger partial charge in [0.2, 0.25) is 5.95 Å². The Labute approximate surface area is 87.6 Å². The number of rotatable bonds is 0. The number of benzene rings is 1. The van der Waals surface area contributed by atoms with E-state index in [9.17, 15) is 4.39 Å². The molecular weight excluding hydrogens is 189 g/mol. The van der Waals surface area contributed by atoms with Crippen LogP contribution in [0.3, 0.4) is 0 Å². The van der Waals surface area contributed by atoms with Crippen LogP contribution < -0.4 is 0 Å². The summed E-state index contributed by atoms with van der Waals surface area (Å²) in [5.74, 6) is 1.57. The van der Waals surface area contributed by atoms with Gasteiger partial charge in [-0.3, -0.25) is 0 Å². The van der Waals surface area contributed by atoms with Gasteiger partial charge in [-0.25, -0.2) is 4.98 Å². The summed E-state index contributed by atoms with van der Waals surface area (Å²) in [6, 6.07) is 11.6. The zero-order valence-electron chi connectivity index (χ0n) is 7.94. The third-order valence-electron chi connectivity index (χ3n) is 2.03. The lowest BCUT2D eigenvalue weighted by atomic mass is 10.3. The Morgan fingerprint density at radius 1 is 1.13 bits per heavy atom. The summed E-state index contributed by atoms with van der Waals surface area (Å²) in [4.78, 5) is 3.34. The van der Waals surface area contributed by atoms with Crippen molar-refractivity contribution >= 4 is 0 Å². The summed E-state index contributed by atoms with van der Waals surface area (Å²) < 4.78 is 12.3. The van der Waals surface area contributed by atoms with Crippen molar-refractivity contribution in [3.63, 3.8) is 0 Å². The van der Waals surface area contributed by atoms with Gasteiger partial charge in [-0.05, 0) is 29.3 Å². The Morgan fingerprint density at radius 2 is 1.87 bits per heavy atom. The number of hydrogen-bond donors (Lipinski definition) is 0. The smallest absolute Gasteiger partial charge is 0.227 e. The van der Waals surface area contributed by atoms with Gasteiger partial charge in [0.1, 0.15) is 0 Å². The highest BCUT2D eigenvalue weighted by atomic mass is 19.1. The summed E-state index contributed by atoms with van der Waals surface area (Å²) in [5.41, 5.74) is 3.06. The first-order chi connectivity index (χ1) is 7.31. The molecule has 2 aliphatic rings. The Bertz CT molecular complexity index is 509. The Hall–Kier alpha value is -2.14. The normalized spacial score (nSPS) is 9.60. The van der Waals surface area contributed by atoms with Gasteiger partial charge in [0.25, 0.3) is 0 Å². The number of fused-ring (bicyclic) bond motifs is 1. The molecule has 0 N–H and O–H groups in total. The van der Waals surface area contributed by atoms with Crippen LogP contribution in [0.25, 0.3) is 11.1 Å². The maximum absolute atomic E-state index is 12.3. The van der Waals surface area contributed by atoms with E-state index < -0.39 is 5.95 Å². The molecule has 3 rings (SSSR count). The van der Waals surface area contributed by atoms with Crippen molar-refractivity contribution in [3.05, 3.63) is 54.1 Å². The van der Waals surface area contributed by atoms with Gasteiger partial charge >= 0.3 is 0 Å². The minimum Gasteiger partial charge on any atom is -0.227 e. The first-order valence-electron chi connectivity index (χ1n) is 4.49. The van der Waals surface area contributed by atoms with Crippen molar-refractivity contribution in [2.45, 2.75) is 0 Å². The summed E-state index contributed by atoms with van der Waals surface area (Å²) in [6.45, 7) is 0. The van der Waals surface area contributed by atoms with Gasteiger partial charge in [-0.15, -0.1) is 6.42 Å². The average molecular weight is 197 g/mol. The molecule has 1 aromatic heterocycles. The van der Waals surface area contributed by atoms with Gasteiger partial charge < -0.3 is 0 Å². The summed E-state index contributed by atoms with van der Waals surface area (Å²) >= 11 is 0. The molecule has 1 heterocycles. The molecule has 0 unspecified atom stereocenters. The van der Waals surface area contributed by atoms with Crippen LogP contribution in [0.2, 0.25) is 0 Å². The minimum absolute atomic E-state index is 0.206. The Kier molecular flexibility index (Phi) is 2.47. The van der Waals surface area contributed by atoms with E-state index >= 15 is 0 Å². The van der Waals surface area contributed by atoms with Gasteiger partial charge in [-0.1, -0.05) is 24.1 Å². The fourth-order valence-corrected chi connectivity index (χ4v) is 1.17. The van der Waals surface area contributed by atoms with Gasteiger partial charge in [0.15, 0.2) is 0 Å². The summed E-state index contributed by atoms with van der Waals surface area (Å²) in [7, 11) is 0. The van der Waals surface area contributed by atoms with E-state index in [2.05, 4.69) is 35.2 Å².